The maximum Gasteiger partial charge on any atom is 0.338 e. The van der Waals surface area contributed by atoms with Crippen molar-refractivity contribution in [3.05, 3.63) is 65.7 Å². The SMILES string of the molecule is CC(C)CCOC(=O)c1ccc(NC(=O)CCc2ccccc2)cc1. The van der Waals surface area contributed by atoms with E-state index in [1.54, 1.807) is 24.3 Å². The van der Waals surface area contributed by atoms with Crippen LogP contribution < -0.4 is 5.32 Å². The van der Waals surface area contributed by atoms with Crippen LogP contribution in [0.15, 0.2) is 54.6 Å². The topological polar surface area (TPSA) is 55.4 Å². The van der Waals surface area contributed by atoms with E-state index in [4.69, 9.17) is 4.74 Å². The summed E-state index contributed by atoms with van der Waals surface area (Å²) in [4.78, 5) is 23.9. The third-order valence-corrected chi connectivity index (χ3v) is 3.82. The molecule has 0 fully saturated rings. The summed E-state index contributed by atoms with van der Waals surface area (Å²) in [5, 5.41) is 2.85. The van der Waals surface area contributed by atoms with E-state index in [1.165, 1.54) is 0 Å². The van der Waals surface area contributed by atoms with Crippen molar-refractivity contribution >= 4 is 17.6 Å². The minimum Gasteiger partial charge on any atom is -0.462 e. The molecule has 0 radical (unpaired) electrons. The molecule has 0 aliphatic carbocycles. The number of esters is 1. The molecular weight excluding hydrogens is 314 g/mol. The third kappa shape index (κ3) is 6.79. The summed E-state index contributed by atoms with van der Waals surface area (Å²) in [6.45, 7) is 4.60. The van der Waals surface area contributed by atoms with Crippen LogP contribution in [0, 0.1) is 5.92 Å². The number of carbonyl (C=O) groups is 2. The van der Waals surface area contributed by atoms with Crippen LogP contribution in [0.2, 0.25) is 0 Å². The van der Waals surface area contributed by atoms with Gasteiger partial charge in [0.2, 0.25) is 5.91 Å². The van der Waals surface area contributed by atoms with Crippen molar-refractivity contribution in [2.75, 3.05) is 11.9 Å². The van der Waals surface area contributed by atoms with Gasteiger partial charge in [0.1, 0.15) is 0 Å². The van der Waals surface area contributed by atoms with E-state index < -0.39 is 0 Å². The largest absolute Gasteiger partial charge is 0.462 e. The predicted octanol–water partition coefficient (Wildman–Crippen LogP) is 4.46. The quantitative estimate of drug-likeness (QED) is 0.722. The van der Waals surface area contributed by atoms with E-state index in [9.17, 15) is 9.59 Å². The molecule has 1 amide bonds. The summed E-state index contributed by atoms with van der Waals surface area (Å²) in [5.74, 6) is 0.125. The van der Waals surface area contributed by atoms with Crippen LogP contribution in [0.3, 0.4) is 0 Å². The zero-order chi connectivity index (χ0) is 18.1. The molecule has 2 aromatic rings. The van der Waals surface area contributed by atoms with Gasteiger partial charge in [-0.1, -0.05) is 44.2 Å². The number of carbonyl (C=O) groups excluding carboxylic acids is 2. The predicted molar refractivity (Wildman–Crippen MR) is 99.6 cm³/mol. The molecule has 0 aromatic heterocycles. The average Bonchev–Trinajstić information content (AvgIpc) is 2.61. The van der Waals surface area contributed by atoms with E-state index in [-0.39, 0.29) is 11.9 Å². The van der Waals surface area contributed by atoms with Crippen LogP contribution in [0.1, 0.15) is 42.6 Å². The molecule has 0 unspecified atom stereocenters. The minimum atomic E-state index is -0.331. The van der Waals surface area contributed by atoms with Gasteiger partial charge in [0.25, 0.3) is 0 Å². The Hall–Kier alpha value is -2.62. The van der Waals surface area contributed by atoms with Gasteiger partial charge in [0.05, 0.1) is 12.2 Å². The van der Waals surface area contributed by atoms with Gasteiger partial charge in [-0.2, -0.15) is 0 Å². The number of nitrogens with one attached hydrogen (secondary N) is 1. The van der Waals surface area contributed by atoms with Crippen molar-refractivity contribution in [1.29, 1.82) is 0 Å². The Bertz CT molecular complexity index is 678. The molecule has 2 aromatic carbocycles. The van der Waals surface area contributed by atoms with Gasteiger partial charge in [-0.25, -0.2) is 4.79 Å². The third-order valence-electron chi connectivity index (χ3n) is 3.82. The highest BCUT2D eigenvalue weighted by Crippen LogP contribution is 2.12. The van der Waals surface area contributed by atoms with Crippen LogP contribution in [-0.2, 0) is 16.0 Å². The normalized spacial score (nSPS) is 10.5. The molecule has 4 heteroatoms. The first-order valence-electron chi connectivity index (χ1n) is 8.65. The zero-order valence-electron chi connectivity index (χ0n) is 14.8. The van der Waals surface area contributed by atoms with Crippen LogP contribution in [0.4, 0.5) is 5.69 Å². The summed E-state index contributed by atoms with van der Waals surface area (Å²) < 4.78 is 5.22. The van der Waals surface area contributed by atoms with E-state index >= 15 is 0 Å². The molecule has 25 heavy (non-hydrogen) atoms. The maximum atomic E-state index is 12.0. The molecule has 4 nitrogen and oxygen atoms in total. The average molecular weight is 339 g/mol. The van der Waals surface area contributed by atoms with Gasteiger partial charge in [-0.3, -0.25) is 4.79 Å². The summed E-state index contributed by atoms with van der Waals surface area (Å²) in [6, 6.07) is 16.7. The van der Waals surface area contributed by atoms with Crippen molar-refractivity contribution in [3.63, 3.8) is 0 Å². The number of ether oxygens (including phenoxy) is 1. The summed E-state index contributed by atoms with van der Waals surface area (Å²) in [6.07, 6.45) is 1.97. The lowest BCUT2D eigenvalue weighted by molar-refractivity contribution is -0.116. The molecular formula is C21H25NO3. The van der Waals surface area contributed by atoms with E-state index in [0.29, 0.717) is 36.6 Å². The van der Waals surface area contributed by atoms with Crippen molar-refractivity contribution in [3.8, 4) is 0 Å². The molecule has 0 saturated heterocycles. The van der Waals surface area contributed by atoms with Crippen molar-refractivity contribution < 1.29 is 14.3 Å². The number of benzene rings is 2. The smallest absolute Gasteiger partial charge is 0.338 e. The number of rotatable bonds is 8. The van der Waals surface area contributed by atoms with E-state index in [1.807, 2.05) is 30.3 Å². The molecule has 0 bridgehead atoms. The zero-order valence-corrected chi connectivity index (χ0v) is 14.8. The molecule has 0 heterocycles. The van der Waals surface area contributed by atoms with Gasteiger partial charge in [-0.15, -0.1) is 0 Å². The van der Waals surface area contributed by atoms with Crippen LogP contribution >= 0.6 is 0 Å². The van der Waals surface area contributed by atoms with Crippen molar-refractivity contribution in [2.45, 2.75) is 33.1 Å². The number of hydrogen-bond donors (Lipinski definition) is 1. The Morgan fingerprint density at radius 3 is 2.32 bits per heavy atom. The number of aryl methyl sites for hydroxylation is 1. The molecule has 132 valence electrons. The minimum absolute atomic E-state index is 0.0453. The number of amides is 1. The van der Waals surface area contributed by atoms with Gasteiger partial charge in [0.15, 0.2) is 0 Å². The van der Waals surface area contributed by atoms with Gasteiger partial charge in [-0.05, 0) is 48.6 Å². The lowest BCUT2D eigenvalue weighted by atomic mass is 10.1. The summed E-state index contributed by atoms with van der Waals surface area (Å²) in [7, 11) is 0. The second-order valence-corrected chi connectivity index (χ2v) is 6.43. The molecule has 0 atom stereocenters. The number of hydrogen-bond acceptors (Lipinski definition) is 3. The standard InChI is InChI=1S/C21H25NO3/c1-16(2)14-15-25-21(24)18-9-11-19(12-10-18)22-20(23)13-8-17-6-4-3-5-7-17/h3-7,9-12,16H,8,13-15H2,1-2H3,(H,22,23). The monoisotopic (exact) mass is 339 g/mol. The summed E-state index contributed by atoms with van der Waals surface area (Å²) >= 11 is 0. The Morgan fingerprint density at radius 1 is 1.00 bits per heavy atom. The molecule has 2 rings (SSSR count). The Labute approximate surface area is 149 Å². The first kappa shape index (κ1) is 18.7. The highest BCUT2D eigenvalue weighted by atomic mass is 16.5. The van der Waals surface area contributed by atoms with Gasteiger partial charge < -0.3 is 10.1 Å². The van der Waals surface area contributed by atoms with Crippen LogP contribution in [0.5, 0.6) is 0 Å². The highest BCUT2D eigenvalue weighted by Gasteiger charge is 2.08. The Kier molecular flexibility index (Phi) is 7.20. The van der Waals surface area contributed by atoms with Crippen molar-refractivity contribution in [1.82, 2.24) is 0 Å². The van der Waals surface area contributed by atoms with Crippen molar-refractivity contribution in [2.24, 2.45) is 5.92 Å². The van der Waals surface area contributed by atoms with Crippen LogP contribution in [-0.4, -0.2) is 18.5 Å². The second-order valence-electron chi connectivity index (χ2n) is 6.43. The second kappa shape index (κ2) is 9.62. The first-order valence-corrected chi connectivity index (χ1v) is 8.65. The molecule has 0 aliphatic rings. The van der Waals surface area contributed by atoms with Gasteiger partial charge in [0, 0.05) is 12.1 Å². The van der Waals surface area contributed by atoms with E-state index in [0.717, 1.165) is 12.0 Å². The fourth-order valence-corrected chi connectivity index (χ4v) is 2.29. The fraction of sp³-hybridized carbons (Fsp3) is 0.333. The lowest BCUT2D eigenvalue weighted by Gasteiger charge is -2.08. The van der Waals surface area contributed by atoms with Gasteiger partial charge >= 0.3 is 5.97 Å². The molecule has 0 saturated carbocycles. The summed E-state index contributed by atoms with van der Waals surface area (Å²) in [5.41, 5.74) is 2.31. The van der Waals surface area contributed by atoms with E-state index in [2.05, 4.69) is 19.2 Å². The lowest BCUT2D eigenvalue weighted by Crippen LogP contribution is -2.13. The fourth-order valence-electron chi connectivity index (χ4n) is 2.29. The highest BCUT2D eigenvalue weighted by molar-refractivity contribution is 5.93. The maximum absolute atomic E-state index is 12.0. The molecule has 1 N–H and O–H groups in total. The Balaban J connectivity index is 1.79. The molecule has 0 aliphatic heterocycles. The molecule has 0 spiro atoms. The Morgan fingerprint density at radius 2 is 1.68 bits per heavy atom. The first-order chi connectivity index (χ1) is 12.0. The van der Waals surface area contributed by atoms with Crippen LogP contribution in [0.25, 0.3) is 0 Å². The number of anilines is 1.